The molecule has 0 aromatic heterocycles. The third-order valence-corrected chi connectivity index (χ3v) is 2.71. The molecule has 0 aliphatic carbocycles. The average Bonchev–Trinajstić information content (AvgIpc) is 2.50. The molecule has 2 atom stereocenters. The van der Waals surface area contributed by atoms with Crippen molar-refractivity contribution >= 4 is 18.1 Å². The maximum Gasteiger partial charge on any atom is 0.250 e. The Morgan fingerprint density at radius 3 is 2.45 bits per heavy atom. The lowest BCUT2D eigenvalue weighted by Crippen LogP contribution is -2.50. The molecule has 2 unspecified atom stereocenters. The molecule has 0 aliphatic heterocycles. The fraction of sp³-hybridized carbons (Fsp3) is 0.357. The van der Waals surface area contributed by atoms with Gasteiger partial charge in [0.1, 0.15) is 6.04 Å². The second-order valence-electron chi connectivity index (χ2n) is 4.30. The SMILES string of the molecule is CCCNC(=O)C(C=O)NC(=O)C(N)c1ccccc1. The van der Waals surface area contributed by atoms with Crippen LogP contribution in [0.3, 0.4) is 0 Å². The Labute approximate surface area is 117 Å². The van der Waals surface area contributed by atoms with Gasteiger partial charge in [-0.1, -0.05) is 37.3 Å². The minimum Gasteiger partial charge on any atom is -0.354 e. The van der Waals surface area contributed by atoms with Gasteiger partial charge in [-0.2, -0.15) is 0 Å². The van der Waals surface area contributed by atoms with E-state index in [9.17, 15) is 14.4 Å². The number of carbonyl (C=O) groups excluding carboxylic acids is 3. The predicted molar refractivity (Wildman–Crippen MR) is 74.7 cm³/mol. The van der Waals surface area contributed by atoms with E-state index in [4.69, 9.17) is 5.73 Å². The van der Waals surface area contributed by atoms with Crippen molar-refractivity contribution in [3.63, 3.8) is 0 Å². The summed E-state index contributed by atoms with van der Waals surface area (Å²) in [5, 5.41) is 4.87. The van der Waals surface area contributed by atoms with Crippen LogP contribution in [0.2, 0.25) is 0 Å². The standard InChI is InChI=1S/C14H19N3O3/c1-2-8-16-13(19)11(9-18)17-14(20)12(15)10-6-4-3-5-7-10/h3-7,9,11-12H,2,8,15H2,1H3,(H,16,19)(H,17,20). The molecule has 0 saturated heterocycles. The lowest BCUT2D eigenvalue weighted by atomic mass is 10.1. The van der Waals surface area contributed by atoms with Crippen LogP contribution in [0.1, 0.15) is 24.9 Å². The molecule has 0 heterocycles. The van der Waals surface area contributed by atoms with Crippen molar-refractivity contribution in [2.45, 2.75) is 25.4 Å². The number of carbonyl (C=O) groups is 3. The molecule has 0 radical (unpaired) electrons. The maximum absolute atomic E-state index is 11.9. The van der Waals surface area contributed by atoms with Crippen LogP contribution in [-0.2, 0) is 14.4 Å². The first-order valence-corrected chi connectivity index (χ1v) is 6.44. The van der Waals surface area contributed by atoms with Gasteiger partial charge in [-0.05, 0) is 12.0 Å². The van der Waals surface area contributed by atoms with Gasteiger partial charge in [0, 0.05) is 6.54 Å². The van der Waals surface area contributed by atoms with E-state index in [0.717, 1.165) is 6.42 Å². The van der Waals surface area contributed by atoms with E-state index < -0.39 is 23.9 Å². The van der Waals surface area contributed by atoms with Gasteiger partial charge in [-0.3, -0.25) is 9.59 Å². The molecule has 0 saturated carbocycles. The first-order chi connectivity index (χ1) is 9.60. The first-order valence-electron chi connectivity index (χ1n) is 6.44. The molecular weight excluding hydrogens is 258 g/mol. The van der Waals surface area contributed by atoms with Crippen LogP contribution in [0.25, 0.3) is 0 Å². The molecule has 0 aliphatic rings. The van der Waals surface area contributed by atoms with Crippen LogP contribution in [0.15, 0.2) is 30.3 Å². The number of nitrogens with one attached hydrogen (secondary N) is 2. The molecule has 20 heavy (non-hydrogen) atoms. The van der Waals surface area contributed by atoms with Gasteiger partial charge in [-0.25, -0.2) is 0 Å². The van der Waals surface area contributed by atoms with Gasteiger partial charge >= 0.3 is 0 Å². The molecule has 108 valence electrons. The zero-order valence-electron chi connectivity index (χ0n) is 11.3. The molecule has 1 rings (SSSR count). The number of benzene rings is 1. The van der Waals surface area contributed by atoms with Crippen molar-refractivity contribution in [3.8, 4) is 0 Å². The molecule has 0 bridgehead atoms. The van der Waals surface area contributed by atoms with Gasteiger partial charge in [-0.15, -0.1) is 0 Å². The average molecular weight is 277 g/mol. The second-order valence-corrected chi connectivity index (χ2v) is 4.30. The molecule has 6 nitrogen and oxygen atoms in total. The summed E-state index contributed by atoms with van der Waals surface area (Å²) in [6.07, 6.45) is 1.13. The second kappa shape index (κ2) is 8.06. The van der Waals surface area contributed by atoms with E-state index in [1.807, 2.05) is 6.92 Å². The Balaban J connectivity index is 2.63. The van der Waals surface area contributed by atoms with Crippen LogP contribution in [-0.4, -0.2) is 30.7 Å². The van der Waals surface area contributed by atoms with E-state index in [1.165, 1.54) is 0 Å². The predicted octanol–water partition coefficient (Wildman–Crippen LogP) is -0.104. The molecule has 1 aromatic rings. The van der Waals surface area contributed by atoms with E-state index in [2.05, 4.69) is 10.6 Å². The van der Waals surface area contributed by atoms with Crippen molar-refractivity contribution in [1.82, 2.24) is 10.6 Å². The topological polar surface area (TPSA) is 101 Å². The highest BCUT2D eigenvalue weighted by Crippen LogP contribution is 2.09. The molecule has 6 heteroatoms. The Morgan fingerprint density at radius 2 is 1.90 bits per heavy atom. The highest BCUT2D eigenvalue weighted by atomic mass is 16.2. The molecule has 4 N–H and O–H groups in total. The van der Waals surface area contributed by atoms with Crippen molar-refractivity contribution in [2.24, 2.45) is 5.73 Å². The van der Waals surface area contributed by atoms with E-state index in [0.29, 0.717) is 18.4 Å². The highest BCUT2D eigenvalue weighted by Gasteiger charge is 2.23. The summed E-state index contributed by atoms with van der Waals surface area (Å²) in [6, 6.07) is 6.60. The molecule has 1 aromatic carbocycles. The van der Waals surface area contributed by atoms with Crippen molar-refractivity contribution in [2.75, 3.05) is 6.54 Å². The van der Waals surface area contributed by atoms with E-state index in [1.54, 1.807) is 30.3 Å². The lowest BCUT2D eigenvalue weighted by molar-refractivity contribution is -0.132. The third kappa shape index (κ3) is 4.47. The van der Waals surface area contributed by atoms with Crippen LogP contribution in [0.4, 0.5) is 0 Å². The van der Waals surface area contributed by atoms with Crippen LogP contribution < -0.4 is 16.4 Å². The number of aldehydes is 1. The molecule has 0 spiro atoms. The largest absolute Gasteiger partial charge is 0.354 e. The summed E-state index contributed by atoms with van der Waals surface area (Å²) in [5.74, 6) is -1.10. The van der Waals surface area contributed by atoms with Gasteiger partial charge in [0.25, 0.3) is 0 Å². The molecule has 0 fully saturated rings. The first kappa shape index (κ1) is 15.8. The van der Waals surface area contributed by atoms with Crippen molar-refractivity contribution in [3.05, 3.63) is 35.9 Å². The summed E-state index contributed by atoms with van der Waals surface area (Å²) in [4.78, 5) is 34.4. The smallest absolute Gasteiger partial charge is 0.250 e. The van der Waals surface area contributed by atoms with Crippen LogP contribution in [0.5, 0.6) is 0 Å². The zero-order chi connectivity index (χ0) is 15.0. The third-order valence-electron chi connectivity index (χ3n) is 2.71. The Bertz CT molecular complexity index is 462. The summed E-state index contributed by atoms with van der Waals surface area (Å²) < 4.78 is 0. The summed E-state index contributed by atoms with van der Waals surface area (Å²) in [5.41, 5.74) is 6.40. The molecular formula is C14H19N3O3. The lowest BCUT2D eigenvalue weighted by Gasteiger charge is -2.16. The summed E-state index contributed by atoms with van der Waals surface area (Å²) >= 11 is 0. The van der Waals surface area contributed by atoms with E-state index in [-0.39, 0.29) is 0 Å². The van der Waals surface area contributed by atoms with Gasteiger partial charge < -0.3 is 21.2 Å². The highest BCUT2D eigenvalue weighted by molar-refractivity contribution is 6.00. The Hall–Kier alpha value is -2.21. The number of amides is 2. The zero-order valence-corrected chi connectivity index (χ0v) is 11.3. The summed E-state index contributed by atoms with van der Waals surface area (Å²) in [6.45, 7) is 2.34. The number of nitrogens with two attached hydrogens (primary N) is 1. The maximum atomic E-state index is 11.9. The van der Waals surface area contributed by atoms with Crippen molar-refractivity contribution < 1.29 is 14.4 Å². The monoisotopic (exact) mass is 277 g/mol. The molecule has 2 amide bonds. The number of hydrogen-bond donors (Lipinski definition) is 3. The number of hydrogen-bond acceptors (Lipinski definition) is 4. The van der Waals surface area contributed by atoms with Crippen molar-refractivity contribution in [1.29, 1.82) is 0 Å². The fourth-order valence-corrected chi connectivity index (χ4v) is 1.57. The van der Waals surface area contributed by atoms with Crippen LogP contribution >= 0.6 is 0 Å². The van der Waals surface area contributed by atoms with Gasteiger partial charge in [0.2, 0.25) is 11.8 Å². The normalized spacial score (nSPS) is 13.1. The Morgan fingerprint density at radius 1 is 1.25 bits per heavy atom. The Kier molecular flexibility index (Phi) is 6.39. The quantitative estimate of drug-likeness (QED) is 0.478. The van der Waals surface area contributed by atoms with Gasteiger partial charge in [0.05, 0.1) is 0 Å². The fourth-order valence-electron chi connectivity index (χ4n) is 1.57. The minimum absolute atomic E-state index is 0.389. The van der Waals surface area contributed by atoms with Gasteiger partial charge in [0.15, 0.2) is 12.3 Å². The number of rotatable bonds is 7. The summed E-state index contributed by atoms with van der Waals surface area (Å²) in [7, 11) is 0. The van der Waals surface area contributed by atoms with Crippen LogP contribution in [0, 0.1) is 0 Å². The minimum atomic E-state index is -1.22. The van der Waals surface area contributed by atoms with E-state index >= 15 is 0 Å².